The Bertz CT molecular complexity index is 871. The molecule has 0 aromatic heterocycles. The second-order valence-corrected chi connectivity index (χ2v) is 8.41. The van der Waals surface area contributed by atoms with Crippen LogP contribution >= 0.6 is 23.5 Å². The molecule has 0 bridgehead atoms. The van der Waals surface area contributed by atoms with E-state index in [1.807, 2.05) is 39.8 Å². The Kier molecular flexibility index (Phi) is 7.49. The Morgan fingerprint density at radius 3 is 2.11 bits per heavy atom. The topological polar surface area (TPSA) is 58.2 Å². The molecule has 0 saturated heterocycles. The van der Waals surface area contributed by atoms with Gasteiger partial charge in [-0.3, -0.25) is 9.52 Å². The smallest absolute Gasteiger partial charge is 0.307 e. The number of hydrogen-bond donors (Lipinski definition) is 2. The molecule has 0 aliphatic carbocycles. The molecule has 28 heavy (non-hydrogen) atoms. The van der Waals surface area contributed by atoms with Crippen molar-refractivity contribution >= 4 is 41.1 Å². The fourth-order valence-electron chi connectivity index (χ4n) is 2.75. The van der Waals surface area contributed by atoms with E-state index in [1.165, 1.54) is 25.1 Å². The Hall–Kier alpha value is -2.05. The number of carbonyl (C=O) groups excluding carboxylic acids is 2. The zero-order chi connectivity index (χ0) is 21.0. The number of halogens is 2. The van der Waals surface area contributed by atoms with Gasteiger partial charge in [0, 0.05) is 16.3 Å². The molecule has 4 nitrogen and oxygen atoms in total. The highest BCUT2D eigenvalue weighted by Gasteiger charge is 2.18. The van der Waals surface area contributed by atoms with Crippen LogP contribution in [0.15, 0.2) is 35.2 Å². The van der Waals surface area contributed by atoms with E-state index in [0.717, 1.165) is 23.1 Å². The minimum Gasteiger partial charge on any atom is -0.307 e. The summed E-state index contributed by atoms with van der Waals surface area (Å²) in [5.41, 5.74) is 2.96. The zero-order valence-electron chi connectivity index (χ0n) is 16.5. The number of urea groups is 1. The van der Waals surface area contributed by atoms with Crippen LogP contribution in [-0.4, -0.2) is 11.8 Å². The lowest BCUT2D eigenvalue weighted by molar-refractivity contribution is 0.101. The lowest BCUT2D eigenvalue weighted by Gasteiger charge is -2.21. The lowest BCUT2D eigenvalue weighted by Crippen LogP contribution is -2.24. The highest BCUT2D eigenvalue weighted by Crippen LogP contribution is 2.35. The van der Waals surface area contributed by atoms with Crippen molar-refractivity contribution in [2.75, 3.05) is 5.32 Å². The molecule has 150 valence electrons. The second-order valence-electron chi connectivity index (χ2n) is 7.13. The fourth-order valence-corrected chi connectivity index (χ4v) is 3.59. The number of nitrogens with one attached hydrogen (secondary N) is 2. The summed E-state index contributed by atoms with van der Waals surface area (Å²) >= 11 is 7.07. The van der Waals surface area contributed by atoms with Gasteiger partial charge < -0.3 is 5.32 Å². The van der Waals surface area contributed by atoms with Gasteiger partial charge in [-0.1, -0.05) is 39.3 Å². The van der Waals surface area contributed by atoms with Crippen molar-refractivity contribution in [1.29, 1.82) is 0 Å². The number of Topliss-reactive ketones (excluding diaryl/α,β-unsaturated/α-hetero) is 1. The molecule has 0 radical (unpaired) electrons. The van der Waals surface area contributed by atoms with Gasteiger partial charge in [0.1, 0.15) is 5.82 Å². The van der Waals surface area contributed by atoms with E-state index in [4.69, 9.17) is 11.6 Å². The Morgan fingerprint density at radius 2 is 1.61 bits per heavy atom. The number of rotatable bonds is 6. The van der Waals surface area contributed by atoms with Crippen LogP contribution < -0.4 is 10.0 Å². The predicted octanol–water partition coefficient (Wildman–Crippen LogP) is 6.76. The SMILES string of the molecule is CC(=O)c1ccc(F)c(SNC(=O)Nc2c(C(C)C)cc(Cl)cc2C(C)C)c1. The summed E-state index contributed by atoms with van der Waals surface area (Å²) in [5.74, 6) is -0.365. The summed E-state index contributed by atoms with van der Waals surface area (Å²) < 4.78 is 16.6. The maximum atomic E-state index is 14.0. The Balaban J connectivity index is 2.22. The van der Waals surface area contributed by atoms with Gasteiger partial charge in [-0.2, -0.15) is 0 Å². The number of amides is 2. The predicted molar refractivity (Wildman–Crippen MR) is 114 cm³/mol. The van der Waals surface area contributed by atoms with Gasteiger partial charge in [0.05, 0.1) is 4.90 Å². The average Bonchev–Trinajstić information content (AvgIpc) is 2.61. The highest BCUT2D eigenvalue weighted by molar-refractivity contribution is 7.98. The van der Waals surface area contributed by atoms with Gasteiger partial charge in [0.2, 0.25) is 0 Å². The summed E-state index contributed by atoms with van der Waals surface area (Å²) in [7, 11) is 0. The van der Waals surface area contributed by atoms with Gasteiger partial charge >= 0.3 is 6.03 Å². The monoisotopic (exact) mass is 422 g/mol. The molecule has 0 atom stereocenters. The van der Waals surface area contributed by atoms with Crippen molar-refractivity contribution in [3.8, 4) is 0 Å². The van der Waals surface area contributed by atoms with Gasteiger partial charge in [0.25, 0.3) is 0 Å². The number of ketones is 1. The maximum Gasteiger partial charge on any atom is 0.329 e. The highest BCUT2D eigenvalue weighted by atomic mass is 35.5. The molecule has 2 N–H and O–H groups in total. The van der Waals surface area contributed by atoms with Crippen LogP contribution in [0.1, 0.15) is 67.9 Å². The first-order chi connectivity index (χ1) is 13.1. The summed E-state index contributed by atoms with van der Waals surface area (Å²) in [6.07, 6.45) is 0. The van der Waals surface area contributed by atoms with E-state index in [2.05, 4.69) is 10.0 Å². The first-order valence-electron chi connectivity index (χ1n) is 8.97. The summed E-state index contributed by atoms with van der Waals surface area (Å²) in [6.45, 7) is 9.50. The van der Waals surface area contributed by atoms with E-state index in [-0.39, 0.29) is 22.5 Å². The molecule has 2 rings (SSSR count). The molecule has 2 aromatic rings. The van der Waals surface area contributed by atoms with E-state index in [0.29, 0.717) is 16.3 Å². The number of carbonyl (C=O) groups is 2. The third kappa shape index (κ3) is 5.49. The minimum atomic E-state index is -0.507. The first-order valence-corrected chi connectivity index (χ1v) is 10.2. The molecular formula is C21H24ClFN2O2S. The summed E-state index contributed by atoms with van der Waals surface area (Å²) in [5, 5.41) is 3.50. The van der Waals surface area contributed by atoms with Crippen LogP contribution in [0.25, 0.3) is 0 Å². The molecule has 2 amide bonds. The molecule has 0 aliphatic rings. The van der Waals surface area contributed by atoms with E-state index in [1.54, 1.807) is 0 Å². The molecule has 7 heteroatoms. The second kappa shape index (κ2) is 9.43. The average molecular weight is 423 g/mol. The summed E-state index contributed by atoms with van der Waals surface area (Å²) in [4.78, 5) is 24.1. The van der Waals surface area contributed by atoms with Crippen molar-refractivity contribution in [2.24, 2.45) is 0 Å². The number of anilines is 1. The lowest BCUT2D eigenvalue weighted by atomic mass is 9.92. The maximum absolute atomic E-state index is 14.0. The fraction of sp³-hybridized carbons (Fsp3) is 0.333. The molecule has 0 saturated carbocycles. The van der Waals surface area contributed by atoms with Crippen LogP contribution in [0.3, 0.4) is 0 Å². The van der Waals surface area contributed by atoms with Crippen LogP contribution in [0.4, 0.5) is 14.9 Å². The molecule has 2 aromatic carbocycles. The van der Waals surface area contributed by atoms with Crippen LogP contribution in [0.5, 0.6) is 0 Å². The molecule has 0 aliphatic heterocycles. The molecule has 0 fully saturated rings. The Morgan fingerprint density at radius 1 is 1.04 bits per heavy atom. The quantitative estimate of drug-likeness (QED) is 0.399. The van der Waals surface area contributed by atoms with Gasteiger partial charge in [-0.05, 0) is 72.2 Å². The van der Waals surface area contributed by atoms with E-state index in [9.17, 15) is 14.0 Å². The molecule has 0 spiro atoms. The van der Waals surface area contributed by atoms with Crippen molar-refractivity contribution in [2.45, 2.75) is 51.3 Å². The Labute approximate surface area is 174 Å². The molecule has 0 unspecified atom stereocenters. The molecular weight excluding hydrogens is 399 g/mol. The third-order valence-electron chi connectivity index (χ3n) is 4.24. The standard InChI is InChI=1S/C21H24ClFN2O2S/c1-11(2)16-9-15(22)10-17(12(3)4)20(16)24-21(27)25-28-19-8-14(13(5)26)6-7-18(19)23/h6-12H,1-5H3,(H2,24,25,27). The third-order valence-corrected chi connectivity index (χ3v) is 5.28. The van der Waals surface area contributed by atoms with Gasteiger partial charge in [-0.15, -0.1) is 0 Å². The number of benzene rings is 2. The summed E-state index contributed by atoms with van der Waals surface area (Å²) in [6, 6.07) is 7.26. The normalized spacial score (nSPS) is 11.0. The van der Waals surface area contributed by atoms with Gasteiger partial charge in [0.15, 0.2) is 5.78 Å². The zero-order valence-corrected chi connectivity index (χ0v) is 18.1. The minimum absolute atomic E-state index is 0.156. The van der Waals surface area contributed by atoms with Crippen molar-refractivity contribution < 1.29 is 14.0 Å². The van der Waals surface area contributed by atoms with Crippen molar-refractivity contribution in [3.05, 3.63) is 57.9 Å². The molecule has 0 heterocycles. The van der Waals surface area contributed by atoms with Crippen LogP contribution in [-0.2, 0) is 0 Å². The van der Waals surface area contributed by atoms with E-state index < -0.39 is 11.8 Å². The van der Waals surface area contributed by atoms with Crippen LogP contribution in [0.2, 0.25) is 5.02 Å². The van der Waals surface area contributed by atoms with E-state index >= 15 is 0 Å². The van der Waals surface area contributed by atoms with Crippen LogP contribution in [0, 0.1) is 5.82 Å². The van der Waals surface area contributed by atoms with Crippen molar-refractivity contribution in [1.82, 2.24) is 4.72 Å². The largest absolute Gasteiger partial charge is 0.329 e. The van der Waals surface area contributed by atoms with Gasteiger partial charge in [-0.25, -0.2) is 9.18 Å². The van der Waals surface area contributed by atoms with Crippen molar-refractivity contribution in [3.63, 3.8) is 0 Å². The number of hydrogen-bond acceptors (Lipinski definition) is 3. The first kappa shape index (κ1) is 22.2.